The van der Waals surface area contributed by atoms with Crippen molar-refractivity contribution in [2.45, 2.75) is 50.5 Å². The number of hydrogen-bond acceptors (Lipinski definition) is 3. The summed E-state index contributed by atoms with van der Waals surface area (Å²) in [7, 11) is 0. The standard InChI is InChI=1S/C20H23NO2/c1-19-8-6-16-15-5-3-14(22)12-13(15)2-4-17(16)18(19)7-9-20(19,23)10-11-21/h3,5,7,9,12,16-18,22-23H,2,4,6,8,10H2,1H3/t16-,17-,18+,19+,20-/m1/s1. The fourth-order valence-electron chi connectivity index (χ4n) is 5.51. The van der Waals surface area contributed by atoms with Crippen LogP contribution in [0.15, 0.2) is 30.4 Å². The highest BCUT2D eigenvalue weighted by Gasteiger charge is 2.58. The Morgan fingerprint density at radius 3 is 2.96 bits per heavy atom. The molecule has 0 saturated heterocycles. The maximum Gasteiger partial charge on any atom is 0.115 e. The molecule has 3 nitrogen and oxygen atoms in total. The van der Waals surface area contributed by atoms with E-state index in [1.165, 1.54) is 11.1 Å². The lowest BCUT2D eigenvalue weighted by Crippen LogP contribution is -2.51. The van der Waals surface area contributed by atoms with E-state index in [0.29, 0.717) is 23.5 Å². The van der Waals surface area contributed by atoms with Crippen molar-refractivity contribution in [2.24, 2.45) is 17.3 Å². The third-order valence-electron chi connectivity index (χ3n) is 6.88. The second kappa shape index (κ2) is 4.85. The van der Waals surface area contributed by atoms with Gasteiger partial charge in [0.05, 0.1) is 12.5 Å². The molecule has 1 aromatic rings. The van der Waals surface area contributed by atoms with Crippen molar-refractivity contribution in [3.05, 3.63) is 41.5 Å². The molecule has 1 aromatic carbocycles. The van der Waals surface area contributed by atoms with Crippen molar-refractivity contribution in [1.82, 2.24) is 0 Å². The van der Waals surface area contributed by atoms with E-state index in [-0.39, 0.29) is 11.8 Å². The van der Waals surface area contributed by atoms with Crippen LogP contribution in [0.3, 0.4) is 0 Å². The van der Waals surface area contributed by atoms with Crippen LogP contribution in [-0.2, 0) is 6.42 Å². The fraction of sp³-hybridized carbons (Fsp3) is 0.550. The molecule has 0 spiro atoms. The Morgan fingerprint density at radius 1 is 1.35 bits per heavy atom. The smallest absolute Gasteiger partial charge is 0.115 e. The van der Waals surface area contributed by atoms with Gasteiger partial charge in [0.1, 0.15) is 11.4 Å². The summed E-state index contributed by atoms with van der Waals surface area (Å²) in [6.45, 7) is 2.16. The Morgan fingerprint density at radius 2 is 2.17 bits per heavy atom. The summed E-state index contributed by atoms with van der Waals surface area (Å²) in [6.07, 6.45) is 8.32. The van der Waals surface area contributed by atoms with Crippen LogP contribution in [-0.4, -0.2) is 15.8 Å². The number of fused-ring (bicyclic) bond motifs is 5. The maximum atomic E-state index is 11.0. The van der Waals surface area contributed by atoms with E-state index in [4.69, 9.17) is 5.26 Å². The van der Waals surface area contributed by atoms with E-state index in [9.17, 15) is 10.2 Å². The molecule has 2 N–H and O–H groups in total. The number of hydrogen-bond donors (Lipinski definition) is 2. The Kier molecular flexibility index (Phi) is 3.12. The molecule has 23 heavy (non-hydrogen) atoms. The van der Waals surface area contributed by atoms with Crippen molar-refractivity contribution < 1.29 is 10.2 Å². The lowest BCUT2D eigenvalue weighted by molar-refractivity contribution is -0.0827. The quantitative estimate of drug-likeness (QED) is 0.778. The number of aromatic hydroxyl groups is 1. The number of phenolic OH excluding ortho intramolecular Hbond substituents is 1. The first kappa shape index (κ1) is 14.8. The van der Waals surface area contributed by atoms with Crippen LogP contribution in [0.1, 0.15) is 49.7 Å². The van der Waals surface area contributed by atoms with Gasteiger partial charge in [0.15, 0.2) is 0 Å². The summed E-state index contributed by atoms with van der Waals surface area (Å²) in [5.74, 6) is 1.72. The zero-order valence-corrected chi connectivity index (χ0v) is 13.5. The van der Waals surface area contributed by atoms with Crippen LogP contribution in [0.2, 0.25) is 0 Å². The molecule has 0 radical (unpaired) electrons. The van der Waals surface area contributed by atoms with E-state index < -0.39 is 5.60 Å². The average molecular weight is 309 g/mol. The number of nitriles is 1. The first-order valence-corrected chi connectivity index (χ1v) is 8.59. The first-order chi connectivity index (χ1) is 11.0. The topological polar surface area (TPSA) is 64.2 Å². The second-order valence-electron chi connectivity index (χ2n) is 7.79. The highest BCUT2D eigenvalue weighted by atomic mass is 16.3. The summed E-state index contributed by atoms with van der Waals surface area (Å²) < 4.78 is 0. The lowest BCUT2D eigenvalue weighted by atomic mass is 9.52. The Balaban J connectivity index is 1.70. The van der Waals surface area contributed by atoms with Crippen molar-refractivity contribution in [3.8, 4) is 11.8 Å². The van der Waals surface area contributed by atoms with E-state index in [2.05, 4.69) is 25.1 Å². The van der Waals surface area contributed by atoms with Gasteiger partial charge in [0.2, 0.25) is 0 Å². The van der Waals surface area contributed by atoms with Crippen LogP contribution in [0, 0.1) is 28.6 Å². The van der Waals surface area contributed by atoms with Crippen LogP contribution in [0.25, 0.3) is 0 Å². The van der Waals surface area contributed by atoms with Gasteiger partial charge in [-0.3, -0.25) is 0 Å². The minimum absolute atomic E-state index is 0.179. The van der Waals surface area contributed by atoms with Gasteiger partial charge < -0.3 is 10.2 Å². The largest absolute Gasteiger partial charge is 0.508 e. The van der Waals surface area contributed by atoms with Gasteiger partial charge in [-0.25, -0.2) is 0 Å². The van der Waals surface area contributed by atoms with Crippen LogP contribution in [0.4, 0.5) is 0 Å². The van der Waals surface area contributed by atoms with Gasteiger partial charge in [-0.05, 0) is 66.7 Å². The molecule has 0 amide bonds. The van der Waals surface area contributed by atoms with Gasteiger partial charge in [0.25, 0.3) is 0 Å². The fourth-order valence-corrected chi connectivity index (χ4v) is 5.51. The number of benzene rings is 1. The molecular formula is C20H23NO2. The number of rotatable bonds is 1. The lowest BCUT2D eigenvalue weighted by Gasteiger charge is -2.53. The molecule has 3 aliphatic carbocycles. The summed E-state index contributed by atoms with van der Waals surface area (Å²) >= 11 is 0. The highest BCUT2D eigenvalue weighted by Crippen LogP contribution is 2.62. The van der Waals surface area contributed by atoms with E-state index in [1.54, 1.807) is 6.07 Å². The molecule has 0 heterocycles. The van der Waals surface area contributed by atoms with Crippen LogP contribution in [0.5, 0.6) is 5.75 Å². The van der Waals surface area contributed by atoms with Crippen molar-refractivity contribution in [2.75, 3.05) is 0 Å². The third kappa shape index (κ3) is 1.91. The van der Waals surface area contributed by atoms with E-state index in [0.717, 1.165) is 25.7 Å². The SMILES string of the molecule is C[C@]12CC[C@@H]3c4ccc(O)cc4CC[C@H]3[C@@H]1C=C[C@@]2(O)CC#N. The van der Waals surface area contributed by atoms with Crippen LogP contribution < -0.4 is 0 Å². The van der Waals surface area contributed by atoms with Gasteiger partial charge in [0, 0.05) is 5.41 Å². The minimum Gasteiger partial charge on any atom is -0.508 e. The zero-order valence-electron chi connectivity index (χ0n) is 13.5. The number of phenols is 1. The van der Waals surface area contributed by atoms with E-state index >= 15 is 0 Å². The number of aliphatic hydroxyl groups is 1. The third-order valence-corrected chi connectivity index (χ3v) is 6.88. The average Bonchev–Trinajstić information content (AvgIpc) is 2.79. The normalized spacial score (nSPS) is 40.8. The molecule has 0 aliphatic heterocycles. The summed E-state index contributed by atoms with van der Waals surface area (Å²) in [6, 6.07) is 7.97. The number of aryl methyl sites for hydroxylation is 1. The molecule has 120 valence electrons. The minimum atomic E-state index is -0.980. The monoisotopic (exact) mass is 309 g/mol. The molecule has 0 bridgehead atoms. The Labute approximate surface area is 137 Å². The number of allylic oxidation sites excluding steroid dienone is 1. The Hall–Kier alpha value is -1.79. The van der Waals surface area contributed by atoms with Gasteiger partial charge in [-0.15, -0.1) is 0 Å². The van der Waals surface area contributed by atoms with E-state index in [1.807, 2.05) is 12.1 Å². The van der Waals surface area contributed by atoms with Crippen molar-refractivity contribution in [1.29, 1.82) is 5.26 Å². The van der Waals surface area contributed by atoms with Gasteiger partial charge in [-0.2, -0.15) is 5.26 Å². The number of nitrogens with zero attached hydrogens (tertiary/aromatic N) is 1. The summed E-state index contributed by atoms with van der Waals surface area (Å²) in [4.78, 5) is 0. The second-order valence-corrected chi connectivity index (χ2v) is 7.79. The molecule has 0 unspecified atom stereocenters. The molecule has 1 fully saturated rings. The molecule has 0 aromatic heterocycles. The predicted octanol–water partition coefficient (Wildman–Crippen LogP) is 3.67. The zero-order chi connectivity index (χ0) is 16.2. The maximum absolute atomic E-state index is 11.0. The van der Waals surface area contributed by atoms with Crippen molar-refractivity contribution in [3.63, 3.8) is 0 Å². The molecule has 3 heteroatoms. The molecule has 1 saturated carbocycles. The Bertz CT molecular complexity index is 719. The summed E-state index contributed by atoms with van der Waals surface area (Å²) in [5, 5.41) is 29.9. The predicted molar refractivity (Wildman–Crippen MR) is 87.8 cm³/mol. The highest BCUT2D eigenvalue weighted by molar-refractivity contribution is 5.41. The molecule has 3 aliphatic rings. The molecular weight excluding hydrogens is 286 g/mol. The summed E-state index contributed by atoms with van der Waals surface area (Å²) in [5.41, 5.74) is 1.46. The van der Waals surface area contributed by atoms with Gasteiger partial charge >= 0.3 is 0 Å². The molecule has 4 rings (SSSR count). The molecule has 5 atom stereocenters. The van der Waals surface area contributed by atoms with Gasteiger partial charge in [-0.1, -0.05) is 25.1 Å². The first-order valence-electron chi connectivity index (χ1n) is 8.59. The van der Waals surface area contributed by atoms with Crippen LogP contribution >= 0.6 is 0 Å². The van der Waals surface area contributed by atoms with Crippen molar-refractivity contribution >= 4 is 0 Å².